The molecule has 4 rings (SSSR count). The van der Waals surface area contributed by atoms with Gasteiger partial charge in [0.05, 0.1) is 18.4 Å². The summed E-state index contributed by atoms with van der Waals surface area (Å²) in [7, 11) is -2.03. The van der Waals surface area contributed by atoms with Crippen LogP contribution in [0.25, 0.3) is 0 Å². The van der Waals surface area contributed by atoms with E-state index in [1.165, 1.54) is 0 Å². The molecule has 4 unspecified atom stereocenters. The van der Waals surface area contributed by atoms with Gasteiger partial charge in [-0.25, -0.2) is 8.42 Å². The van der Waals surface area contributed by atoms with Crippen LogP contribution in [-0.4, -0.2) is 68.0 Å². The second kappa shape index (κ2) is 8.69. The van der Waals surface area contributed by atoms with Crippen LogP contribution in [0.15, 0.2) is 41.3 Å². The van der Waals surface area contributed by atoms with Crippen molar-refractivity contribution in [1.29, 1.82) is 0 Å². The van der Waals surface area contributed by atoms with Gasteiger partial charge in [0.25, 0.3) is 0 Å². The zero-order valence-electron chi connectivity index (χ0n) is 17.3. The van der Waals surface area contributed by atoms with E-state index >= 15 is 0 Å². The summed E-state index contributed by atoms with van der Waals surface area (Å²) in [6, 6.07) is 6.96. The Hall–Kier alpha value is -1.90. The average molecular weight is 435 g/mol. The van der Waals surface area contributed by atoms with Crippen LogP contribution >= 0.6 is 0 Å². The minimum Gasteiger partial charge on any atom is -0.497 e. The molecule has 0 saturated carbocycles. The summed E-state index contributed by atoms with van der Waals surface area (Å²) in [4.78, 5) is 13.7. The molecule has 0 radical (unpaired) electrons. The van der Waals surface area contributed by atoms with Crippen molar-refractivity contribution in [3.63, 3.8) is 0 Å². The summed E-state index contributed by atoms with van der Waals surface area (Å²) >= 11 is 0. The lowest BCUT2D eigenvalue weighted by Gasteiger charge is -2.55. The highest BCUT2D eigenvalue weighted by Gasteiger charge is 2.49. The van der Waals surface area contributed by atoms with Crippen molar-refractivity contribution >= 4 is 16.0 Å². The van der Waals surface area contributed by atoms with E-state index in [-0.39, 0.29) is 18.3 Å². The molecule has 3 saturated heterocycles. The first-order chi connectivity index (χ1) is 14.4. The number of nitrogens with zero attached hydrogens (tertiary/aromatic N) is 2. The van der Waals surface area contributed by atoms with Crippen molar-refractivity contribution in [3.8, 4) is 5.75 Å². The highest BCUT2D eigenvalue weighted by atomic mass is 32.2. The molecule has 3 heterocycles. The number of carboxylic acids is 1. The molecule has 0 aromatic heterocycles. The molecule has 3 fully saturated rings. The molecule has 1 aromatic carbocycles. The number of benzene rings is 1. The van der Waals surface area contributed by atoms with Gasteiger partial charge >= 0.3 is 5.97 Å². The van der Waals surface area contributed by atoms with Crippen molar-refractivity contribution in [2.45, 2.75) is 36.6 Å². The van der Waals surface area contributed by atoms with Gasteiger partial charge < -0.3 is 9.84 Å². The van der Waals surface area contributed by atoms with E-state index in [0.29, 0.717) is 35.7 Å². The number of ether oxygens (including phenoxy) is 1. The van der Waals surface area contributed by atoms with Crippen LogP contribution in [0.5, 0.6) is 5.75 Å². The van der Waals surface area contributed by atoms with Gasteiger partial charge in [-0.2, -0.15) is 4.31 Å². The van der Waals surface area contributed by atoms with Gasteiger partial charge in [0.1, 0.15) is 5.75 Å². The number of carboxylic acid groups (broad SMARTS) is 1. The minimum absolute atomic E-state index is 0.00882. The van der Waals surface area contributed by atoms with Crippen molar-refractivity contribution in [2.24, 2.45) is 17.8 Å². The summed E-state index contributed by atoms with van der Waals surface area (Å²) in [6.45, 7) is 3.12. The number of hydrogen-bond acceptors (Lipinski definition) is 5. The molecule has 3 aliphatic rings. The first-order valence-electron chi connectivity index (χ1n) is 10.7. The Kier molecular flexibility index (Phi) is 6.18. The number of piperidine rings is 3. The first-order valence-corrected chi connectivity index (χ1v) is 12.1. The Balaban J connectivity index is 1.60. The van der Waals surface area contributed by atoms with Crippen molar-refractivity contribution in [2.75, 3.05) is 33.3 Å². The molecule has 1 N–H and O–H groups in total. The smallest absolute Gasteiger partial charge is 0.307 e. The lowest BCUT2D eigenvalue weighted by Crippen LogP contribution is -2.63. The third-order valence-corrected chi connectivity index (χ3v) is 8.73. The van der Waals surface area contributed by atoms with E-state index in [2.05, 4.69) is 4.90 Å². The van der Waals surface area contributed by atoms with Crippen molar-refractivity contribution in [3.05, 3.63) is 36.4 Å². The number of rotatable bonds is 6. The molecule has 4 atom stereocenters. The maximum absolute atomic E-state index is 13.4. The maximum Gasteiger partial charge on any atom is 0.307 e. The fourth-order valence-corrected chi connectivity index (χ4v) is 7.06. The van der Waals surface area contributed by atoms with Crippen LogP contribution in [0.4, 0.5) is 0 Å². The fraction of sp³-hybridized carbons (Fsp3) is 0.591. The van der Waals surface area contributed by atoms with Crippen LogP contribution < -0.4 is 4.74 Å². The average Bonchev–Trinajstić information content (AvgIpc) is 2.75. The van der Waals surface area contributed by atoms with Crippen LogP contribution in [-0.2, 0) is 14.8 Å². The summed E-state index contributed by atoms with van der Waals surface area (Å²) in [5.74, 6) is 0.509. The molecule has 0 aliphatic carbocycles. The zero-order chi connectivity index (χ0) is 21.3. The minimum atomic E-state index is -3.59. The Bertz CT molecular complexity index is 899. The van der Waals surface area contributed by atoms with Gasteiger partial charge in [-0.3, -0.25) is 9.69 Å². The largest absolute Gasteiger partial charge is 0.497 e. The van der Waals surface area contributed by atoms with Gasteiger partial charge in [-0.1, -0.05) is 12.2 Å². The summed E-state index contributed by atoms with van der Waals surface area (Å²) in [6.07, 6.45) is 6.85. The molecule has 7 nitrogen and oxygen atoms in total. The van der Waals surface area contributed by atoms with Crippen LogP contribution in [0.3, 0.4) is 0 Å². The predicted molar refractivity (Wildman–Crippen MR) is 113 cm³/mol. The van der Waals surface area contributed by atoms with Gasteiger partial charge in [-0.05, 0) is 74.4 Å². The standard InChI is InChI=1S/C22H30N2O5S/c1-29-18-7-9-19(10-8-18)30(27,28)24-14-17-5-3-12-23-13-11-16(4-2-6-21(25)26)20(15-24)22(17)23/h2,4,7-10,16-17,20,22H,3,5-6,11-15H2,1H3,(H,25,26)/b4-2+. The van der Waals surface area contributed by atoms with E-state index in [1.54, 1.807) is 41.8 Å². The second-order valence-electron chi connectivity index (χ2n) is 8.57. The van der Waals surface area contributed by atoms with Gasteiger partial charge in [-0.15, -0.1) is 0 Å². The molecule has 0 spiro atoms. The van der Waals surface area contributed by atoms with Crippen LogP contribution in [0, 0.1) is 17.8 Å². The molecule has 3 aliphatic heterocycles. The monoisotopic (exact) mass is 434 g/mol. The fourth-order valence-electron chi connectivity index (χ4n) is 5.53. The third-order valence-electron chi connectivity index (χ3n) is 6.89. The molecular formula is C22H30N2O5S. The third kappa shape index (κ3) is 4.13. The first kappa shape index (κ1) is 21.3. The summed E-state index contributed by atoms with van der Waals surface area (Å²) < 4.78 is 33.6. The van der Waals surface area contributed by atoms with E-state index in [0.717, 1.165) is 32.4 Å². The lowest BCUT2D eigenvalue weighted by atomic mass is 9.69. The highest BCUT2D eigenvalue weighted by Crippen LogP contribution is 2.43. The number of methoxy groups -OCH3 is 1. The second-order valence-corrected chi connectivity index (χ2v) is 10.5. The lowest BCUT2D eigenvalue weighted by molar-refractivity contribution is -0.136. The topological polar surface area (TPSA) is 87.2 Å². The molecule has 0 amide bonds. The maximum atomic E-state index is 13.4. The van der Waals surface area contributed by atoms with Crippen molar-refractivity contribution in [1.82, 2.24) is 9.21 Å². The predicted octanol–water partition coefficient (Wildman–Crippen LogP) is 2.45. The highest BCUT2D eigenvalue weighted by molar-refractivity contribution is 7.89. The zero-order valence-corrected chi connectivity index (χ0v) is 18.1. The SMILES string of the molecule is COc1ccc(S(=O)(=O)N2CC3CCCN4CCC(/C=C/CC(=O)O)C(C2)C34)cc1. The van der Waals surface area contributed by atoms with E-state index in [4.69, 9.17) is 9.84 Å². The number of carbonyl (C=O) groups is 1. The van der Waals surface area contributed by atoms with Crippen molar-refractivity contribution < 1.29 is 23.1 Å². The Morgan fingerprint density at radius 2 is 1.97 bits per heavy atom. The summed E-state index contributed by atoms with van der Waals surface area (Å²) in [5.41, 5.74) is 0. The molecule has 1 aromatic rings. The number of allylic oxidation sites excluding steroid dienone is 1. The Morgan fingerprint density at radius 3 is 2.67 bits per heavy atom. The van der Waals surface area contributed by atoms with Gasteiger partial charge in [0.2, 0.25) is 10.0 Å². The summed E-state index contributed by atoms with van der Waals surface area (Å²) in [5, 5.41) is 8.96. The number of sulfonamides is 1. The molecule has 8 heteroatoms. The number of aliphatic carboxylic acids is 1. The molecule has 0 bridgehead atoms. The van der Waals surface area contributed by atoms with Crippen LogP contribution in [0.2, 0.25) is 0 Å². The Labute approximate surface area is 178 Å². The van der Waals surface area contributed by atoms with E-state index in [1.807, 2.05) is 6.08 Å². The molecule has 30 heavy (non-hydrogen) atoms. The van der Waals surface area contributed by atoms with E-state index < -0.39 is 16.0 Å². The van der Waals surface area contributed by atoms with Crippen LogP contribution in [0.1, 0.15) is 25.7 Å². The quantitative estimate of drug-likeness (QED) is 0.692. The van der Waals surface area contributed by atoms with E-state index in [9.17, 15) is 13.2 Å². The normalized spacial score (nSPS) is 30.2. The Morgan fingerprint density at radius 1 is 1.20 bits per heavy atom. The number of hydrogen-bond donors (Lipinski definition) is 1. The molecular weight excluding hydrogens is 404 g/mol. The van der Waals surface area contributed by atoms with Gasteiger partial charge in [0, 0.05) is 19.1 Å². The van der Waals surface area contributed by atoms with Gasteiger partial charge in [0.15, 0.2) is 0 Å². The molecule has 164 valence electrons.